The molecule has 0 bridgehead atoms. The average Bonchev–Trinajstić information content (AvgIpc) is 1.64. The van der Waals surface area contributed by atoms with E-state index in [0.717, 1.165) is 5.92 Å². The molecule has 0 fully saturated rings. The van der Waals surface area contributed by atoms with Crippen LogP contribution < -0.4 is 0 Å². The van der Waals surface area contributed by atoms with Gasteiger partial charge in [-0.3, -0.25) is 0 Å². The Morgan fingerprint density at radius 3 is 2.75 bits per heavy atom. The van der Waals surface area contributed by atoms with Gasteiger partial charge in [-0.2, -0.15) is 0 Å². The average molecular weight is 109 g/mol. The van der Waals surface area contributed by atoms with Crippen LogP contribution in [0.4, 0.5) is 0 Å². The lowest BCUT2D eigenvalue weighted by molar-refractivity contribution is 0.625. The summed E-state index contributed by atoms with van der Waals surface area (Å²) in [5.74, 6) is 0.819. The zero-order valence-corrected chi connectivity index (χ0v) is 5.65. The van der Waals surface area contributed by atoms with E-state index in [2.05, 4.69) is 26.3 Å². The highest BCUT2D eigenvalue weighted by Gasteiger charge is 2.06. The first-order valence-corrected chi connectivity index (χ1v) is 3.28. The Balaban J connectivity index is 2.45. The second-order valence-corrected chi connectivity index (χ2v) is 2.70. The van der Waals surface area contributed by atoms with Crippen LogP contribution in [0.2, 0.25) is 0 Å². The Bertz CT molecular complexity index is 101. The summed E-state index contributed by atoms with van der Waals surface area (Å²) in [5.41, 5.74) is 1.56. The predicted molar refractivity (Wildman–Crippen MR) is 36.5 cm³/mol. The van der Waals surface area contributed by atoms with Crippen LogP contribution in [0.15, 0.2) is 11.6 Å². The van der Waals surface area contributed by atoms with E-state index in [1.165, 1.54) is 12.8 Å². The lowest BCUT2D eigenvalue weighted by Gasteiger charge is -2.14. The number of hydrogen-bond donors (Lipinski definition) is 0. The molecule has 8 heavy (non-hydrogen) atoms. The minimum Gasteiger partial charge on any atom is -0.0853 e. The second kappa shape index (κ2) is 2.34. The molecule has 0 amide bonds. The van der Waals surface area contributed by atoms with Gasteiger partial charge in [-0.25, -0.2) is 0 Å². The Hall–Kier alpha value is -0.260. The van der Waals surface area contributed by atoms with Crippen LogP contribution >= 0.6 is 0 Å². The van der Waals surface area contributed by atoms with Crippen LogP contribution in [0.1, 0.15) is 26.7 Å². The fraction of sp³-hybridized carbons (Fsp3) is 0.625. The van der Waals surface area contributed by atoms with Gasteiger partial charge >= 0.3 is 0 Å². The van der Waals surface area contributed by atoms with Crippen molar-refractivity contribution in [2.24, 2.45) is 5.92 Å². The van der Waals surface area contributed by atoms with E-state index >= 15 is 0 Å². The van der Waals surface area contributed by atoms with Crippen molar-refractivity contribution >= 4 is 0 Å². The molecule has 0 aromatic carbocycles. The zero-order chi connectivity index (χ0) is 5.98. The van der Waals surface area contributed by atoms with Gasteiger partial charge in [0.25, 0.3) is 0 Å². The molecule has 1 radical (unpaired) electrons. The fourth-order valence-corrected chi connectivity index (χ4v) is 1.18. The minimum absolute atomic E-state index is 0.819. The van der Waals surface area contributed by atoms with Gasteiger partial charge in [-0.05, 0) is 32.1 Å². The molecule has 1 atom stereocenters. The van der Waals surface area contributed by atoms with Gasteiger partial charge in [0.2, 0.25) is 0 Å². The molecule has 45 valence electrons. The first-order chi connectivity index (χ1) is 3.79. The third-order valence-electron chi connectivity index (χ3n) is 1.65. The van der Waals surface area contributed by atoms with Crippen molar-refractivity contribution in [3.8, 4) is 0 Å². The van der Waals surface area contributed by atoms with Gasteiger partial charge in [-0.15, -0.1) is 0 Å². The van der Waals surface area contributed by atoms with Crippen molar-refractivity contribution < 1.29 is 0 Å². The summed E-state index contributed by atoms with van der Waals surface area (Å²) in [6, 6.07) is 0. The maximum absolute atomic E-state index is 2.37. The molecule has 0 nitrogen and oxygen atoms in total. The molecule has 1 aliphatic carbocycles. The Morgan fingerprint density at radius 2 is 2.38 bits per heavy atom. The maximum atomic E-state index is 2.37. The Labute approximate surface area is 51.6 Å². The standard InChI is InChI=1S/C8H13/c1-7-4-3-5-8(2)6-7/h4-5,7H,3,6H2,1-2H3. The number of hydrogen-bond acceptors (Lipinski definition) is 0. The predicted octanol–water partition coefficient (Wildman–Crippen LogP) is 2.57. The third-order valence-corrected chi connectivity index (χ3v) is 1.65. The summed E-state index contributed by atoms with van der Waals surface area (Å²) in [5, 5.41) is 0. The molecule has 0 aromatic heterocycles. The Morgan fingerprint density at radius 1 is 1.62 bits per heavy atom. The van der Waals surface area contributed by atoms with Crippen molar-refractivity contribution in [1.29, 1.82) is 0 Å². The molecule has 0 aliphatic heterocycles. The molecule has 0 spiro atoms. The summed E-state index contributed by atoms with van der Waals surface area (Å²) in [6.07, 6.45) is 7.14. The number of rotatable bonds is 0. The zero-order valence-electron chi connectivity index (χ0n) is 5.65. The molecule has 0 aromatic rings. The monoisotopic (exact) mass is 109 g/mol. The van der Waals surface area contributed by atoms with Crippen molar-refractivity contribution in [2.75, 3.05) is 0 Å². The van der Waals surface area contributed by atoms with Gasteiger partial charge in [0, 0.05) is 0 Å². The molecule has 1 aliphatic rings. The third kappa shape index (κ3) is 1.36. The van der Waals surface area contributed by atoms with E-state index in [-0.39, 0.29) is 0 Å². The SMILES string of the molecule is CC1=CC[CH]C(C)C1. The summed E-state index contributed by atoms with van der Waals surface area (Å²) < 4.78 is 0. The van der Waals surface area contributed by atoms with E-state index in [0.29, 0.717) is 0 Å². The van der Waals surface area contributed by atoms with Crippen LogP contribution in [0, 0.1) is 12.3 Å². The molecule has 0 heteroatoms. The van der Waals surface area contributed by atoms with Crippen LogP contribution in [-0.4, -0.2) is 0 Å². The van der Waals surface area contributed by atoms with Gasteiger partial charge in [0.15, 0.2) is 0 Å². The van der Waals surface area contributed by atoms with E-state index in [1.807, 2.05) is 0 Å². The van der Waals surface area contributed by atoms with Crippen LogP contribution in [0.3, 0.4) is 0 Å². The topological polar surface area (TPSA) is 0 Å². The summed E-state index contributed by atoms with van der Waals surface area (Å²) in [7, 11) is 0. The fourth-order valence-electron chi connectivity index (χ4n) is 1.18. The van der Waals surface area contributed by atoms with E-state index in [4.69, 9.17) is 0 Å². The molecule has 0 N–H and O–H groups in total. The molecular weight excluding hydrogens is 96.1 g/mol. The van der Waals surface area contributed by atoms with Crippen LogP contribution in [0.25, 0.3) is 0 Å². The van der Waals surface area contributed by atoms with Crippen molar-refractivity contribution in [1.82, 2.24) is 0 Å². The van der Waals surface area contributed by atoms with E-state index < -0.39 is 0 Å². The lowest BCUT2D eigenvalue weighted by Crippen LogP contribution is -2.00. The maximum Gasteiger partial charge on any atom is -0.0294 e. The highest BCUT2D eigenvalue weighted by atomic mass is 14.1. The molecule has 0 heterocycles. The summed E-state index contributed by atoms with van der Waals surface area (Å²) >= 11 is 0. The van der Waals surface area contributed by atoms with Crippen molar-refractivity contribution in [2.45, 2.75) is 26.7 Å². The summed E-state index contributed by atoms with van der Waals surface area (Å²) in [4.78, 5) is 0. The summed E-state index contributed by atoms with van der Waals surface area (Å²) in [6.45, 7) is 4.49. The van der Waals surface area contributed by atoms with Gasteiger partial charge in [-0.1, -0.05) is 18.6 Å². The normalized spacial score (nSPS) is 29.8. The largest absolute Gasteiger partial charge is 0.0853 e. The van der Waals surface area contributed by atoms with Crippen LogP contribution in [0.5, 0.6) is 0 Å². The first kappa shape index (κ1) is 5.87. The molecule has 0 saturated carbocycles. The van der Waals surface area contributed by atoms with Crippen molar-refractivity contribution in [3.63, 3.8) is 0 Å². The van der Waals surface area contributed by atoms with Gasteiger partial charge in [0.1, 0.15) is 0 Å². The van der Waals surface area contributed by atoms with Gasteiger partial charge < -0.3 is 0 Å². The van der Waals surface area contributed by atoms with Crippen molar-refractivity contribution in [3.05, 3.63) is 18.1 Å². The highest BCUT2D eigenvalue weighted by molar-refractivity contribution is 5.07. The van der Waals surface area contributed by atoms with Gasteiger partial charge in [0.05, 0.1) is 0 Å². The molecule has 1 rings (SSSR count). The van der Waals surface area contributed by atoms with E-state index in [1.54, 1.807) is 5.57 Å². The van der Waals surface area contributed by atoms with Crippen LogP contribution in [-0.2, 0) is 0 Å². The lowest BCUT2D eigenvalue weighted by atomic mass is 9.91. The number of allylic oxidation sites excluding steroid dienone is 2. The molecule has 0 saturated heterocycles. The molecule has 1 unspecified atom stereocenters. The highest BCUT2D eigenvalue weighted by Crippen LogP contribution is 2.21. The van der Waals surface area contributed by atoms with E-state index in [9.17, 15) is 0 Å². The molecular formula is C8H13. The smallest absolute Gasteiger partial charge is 0.0294 e. The minimum atomic E-state index is 0.819. The quantitative estimate of drug-likeness (QED) is 0.419. The first-order valence-electron chi connectivity index (χ1n) is 3.28. The second-order valence-electron chi connectivity index (χ2n) is 2.70. The Kier molecular flexibility index (Phi) is 1.72.